The first kappa shape index (κ1) is 20.2. The largest absolute Gasteiger partial charge is 0.274 e. The maximum Gasteiger partial charge on any atom is 0.267 e. The van der Waals surface area contributed by atoms with Gasteiger partial charge in [0.25, 0.3) is 20.0 Å². The van der Waals surface area contributed by atoms with Crippen molar-refractivity contribution >= 4 is 54.0 Å². The summed E-state index contributed by atoms with van der Waals surface area (Å²) in [6.07, 6.45) is 4.82. The fraction of sp³-hybridized carbons (Fsp3) is 0.294. The van der Waals surface area contributed by atoms with Gasteiger partial charge < -0.3 is 0 Å². The third kappa shape index (κ3) is 3.17. The minimum absolute atomic E-state index is 0.0782. The third-order valence-corrected chi connectivity index (χ3v) is 9.38. The van der Waals surface area contributed by atoms with Crippen molar-refractivity contribution in [2.24, 2.45) is 28.8 Å². The molecule has 162 valence electrons. The average molecular weight is 482 g/mol. The lowest BCUT2D eigenvalue weighted by atomic mass is 9.85. The quantitative estimate of drug-likeness (QED) is 0.454. The zero-order valence-corrected chi connectivity index (χ0v) is 18.0. The summed E-state index contributed by atoms with van der Waals surface area (Å²) in [6, 6.07) is 5.27. The highest BCUT2D eigenvalue weighted by Gasteiger charge is 2.59. The molecule has 1 aliphatic heterocycles. The number of carbonyl (C=O) groups excluding carboxylic acids is 2. The van der Waals surface area contributed by atoms with Crippen LogP contribution in [0.15, 0.2) is 45.7 Å². The van der Waals surface area contributed by atoms with E-state index in [4.69, 9.17) is 5.14 Å². The van der Waals surface area contributed by atoms with Gasteiger partial charge in [-0.3, -0.25) is 19.2 Å². The molecule has 1 saturated heterocycles. The van der Waals surface area contributed by atoms with Gasteiger partial charge in [-0.25, -0.2) is 22.0 Å². The number of imide groups is 1. The summed E-state index contributed by atoms with van der Waals surface area (Å²) in [5.74, 6) is -1.06. The predicted octanol–water partition coefficient (Wildman–Crippen LogP) is 0.298. The van der Waals surface area contributed by atoms with E-state index < -0.39 is 24.4 Å². The van der Waals surface area contributed by atoms with Gasteiger partial charge in [0.05, 0.1) is 22.4 Å². The van der Waals surface area contributed by atoms with Crippen LogP contribution in [0.4, 0.5) is 10.8 Å². The second kappa shape index (κ2) is 6.66. The van der Waals surface area contributed by atoms with Crippen molar-refractivity contribution < 1.29 is 26.4 Å². The molecule has 2 fully saturated rings. The molecule has 4 atom stereocenters. The molecule has 2 aliphatic carbocycles. The van der Waals surface area contributed by atoms with Gasteiger partial charge in [0.1, 0.15) is 0 Å². The van der Waals surface area contributed by atoms with Crippen molar-refractivity contribution in [2.75, 3.05) is 9.62 Å². The standard InChI is InChI=1S/C17H15N5O6S3/c18-30(25,26)17-20-19-16(29-17)21-31(27,28)11-5-3-10(4-6-11)22-14(23)12-8-1-2-9(7-8)13(12)15(22)24/h1-6,8-9,12-13H,7H2,(H,19,21)(H2,18,25,26)/t8?,9?,12-,13+. The van der Waals surface area contributed by atoms with Crippen molar-refractivity contribution in [3.05, 3.63) is 36.4 Å². The average Bonchev–Trinajstić information content (AvgIpc) is 3.46. The summed E-state index contributed by atoms with van der Waals surface area (Å²) in [7, 11) is -8.21. The molecule has 0 spiro atoms. The molecule has 2 amide bonds. The molecule has 11 nitrogen and oxygen atoms in total. The fourth-order valence-electron chi connectivity index (χ4n) is 4.47. The van der Waals surface area contributed by atoms with Crippen LogP contribution >= 0.6 is 11.3 Å². The summed E-state index contributed by atoms with van der Waals surface area (Å²) in [4.78, 5) is 26.7. The Bertz CT molecular complexity index is 1320. The van der Waals surface area contributed by atoms with E-state index in [2.05, 4.69) is 14.9 Å². The zero-order valence-electron chi connectivity index (χ0n) is 15.6. The van der Waals surface area contributed by atoms with E-state index in [-0.39, 0.29) is 45.5 Å². The molecular weight excluding hydrogens is 466 g/mol. The Morgan fingerprint density at radius 2 is 1.55 bits per heavy atom. The second-order valence-electron chi connectivity index (χ2n) is 7.53. The number of benzene rings is 1. The molecule has 2 unspecified atom stereocenters. The molecule has 1 saturated carbocycles. The van der Waals surface area contributed by atoms with Gasteiger partial charge in [-0.2, -0.15) is 0 Å². The monoisotopic (exact) mass is 481 g/mol. The van der Waals surface area contributed by atoms with E-state index in [1.165, 1.54) is 24.3 Å². The molecule has 3 N–H and O–H groups in total. The Morgan fingerprint density at radius 3 is 2.06 bits per heavy atom. The fourth-order valence-corrected chi connectivity index (χ4v) is 7.03. The van der Waals surface area contributed by atoms with E-state index in [1.807, 2.05) is 12.2 Å². The Morgan fingerprint density at radius 1 is 0.968 bits per heavy atom. The second-order valence-corrected chi connectivity index (χ2v) is 11.9. The normalized spacial score (nSPS) is 27.2. The summed E-state index contributed by atoms with van der Waals surface area (Å²) in [5.41, 5.74) is 0.301. The number of fused-ring (bicyclic) bond motifs is 5. The molecule has 2 aromatic rings. The lowest BCUT2D eigenvalue weighted by molar-refractivity contribution is -0.123. The maximum atomic E-state index is 12.9. The minimum atomic E-state index is -4.11. The number of primary sulfonamides is 1. The summed E-state index contributed by atoms with van der Waals surface area (Å²) < 4.78 is 49.3. The van der Waals surface area contributed by atoms with Crippen LogP contribution in [0.5, 0.6) is 0 Å². The van der Waals surface area contributed by atoms with Crippen LogP contribution in [0.1, 0.15) is 6.42 Å². The van der Waals surface area contributed by atoms with Gasteiger partial charge in [0, 0.05) is 0 Å². The van der Waals surface area contributed by atoms with Gasteiger partial charge in [-0.1, -0.05) is 23.5 Å². The van der Waals surface area contributed by atoms with Crippen molar-refractivity contribution in [3.8, 4) is 0 Å². The van der Waals surface area contributed by atoms with Gasteiger partial charge in [0.2, 0.25) is 21.3 Å². The maximum absolute atomic E-state index is 12.9. The molecule has 1 aromatic carbocycles. The van der Waals surface area contributed by atoms with Crippen LogP contribution in [0.2, 0.25) is 0 Å². The lowest BCUT2D eigenvalue weighted by Gasteiger charge is -2.17. The van der Waals surface area contributed by atoms with Crippen LogP contribution in [-0.2, 0) is 29.6 Å². The predicted molar refractivity (Wildman–Crippen MR) is 109 cm³/mol. The number of amides is 2. The SMILES string of the molecule is NS(=O)(=O)c1nnc(NS(=O)(=O)c2ccc(N3C(=O)[C@@H]4C5C=CC(C5)[C@@H]4C3=O)cc2)s1. The van der Waals surface area contributed by atoms with Gasteiger partial charge >= 0.3 is 0 Å². The van der Waals surface area contributed by atoms with Crippen LogP contribution in [-0.4, -0.2) is 38.8 Å². The molecule has 14 heteroatoms. The van der Waals surface area contributed by atoms with E-state index >= 15 is 0 Å². The number of hydrogen-bond donors (Lipinski definition) is 2. The first-order chi connectivity index (χ1) is 14.6. The number of hydrogen-bond acceptors (Lipinski definition) is 9. The summed E-state index contributed by atoms with van der Waals surface area (Å²) >= 11 is 0.472. The van der Waals surface area contributed by atoms with Crippen LogP contribution in [0.3, 0.4) is 0 Å². The van der Waals surface area contributed by atoms with Crippen LogP contribution in [0, 0.1) is 23.7 Å². The highest BCUT2D eigenvalue weighted by atomic mass is 32.2. The first-order valence-electron chi connectivity index (χ1n) is 9.11. The number of rotatable bonds is 5. The summed E-state index contributed by atoms with van der Waals surface area (Å²) in [6.45, 7) is 0. The molecule has 31 heavy (non-hydrogen) atoms. The number of nitrogens with zero attached hydrogens (tertiary/aromatic N) is 3. The number of carbonyl (C=O) groups is 2. The number of sulfonamides is 2. The highest BCUT2D eigenvalue weighted by Crippen LogP contribution is 2.53. The van der Waals surface area contributed by atoms with Crippen LogP contribution in [0.25, 0.3) is 0 Å². The number of allylic oxidation sites excluding steroid dienone is 2. The highest BCUT2D eigenvalue weighted by molar-refractivity contribution is 7.93. The molecular formula is C17H15N5O6S3. The van der Waals surface area contributed by atoms with Crippen molar-refractivity contribution in [2.45, 2.75) is 15.7 Å². The third-order valence-electron chi connectivity index (χ3n) is 5.75. The molecule has 2 heterocycles. The number of nitrogens with two attached hydrogens (primary N) is 1. The van der Waals surface area contributed by atoms with E-state index in [0.717, 1.165) is 11.3 Å². The molecule has 3 aliphatic rings. The topological polar surface area (TPSA) is 169 Å². The number of anilines is 2. The Labute approximate surface area is 181 Å². The summed E-state index contributed by atoms with van der Waals surface area (Å²) in [5, 5.41) is 11.5. The molecule has 0 radical (unpaired) electrons. The zero-order chi connectivity index (χ0) is 22.1. The van der Waals surface area contributed by atoms with E-state index in [0.29, 0.717) is 17.0 Å². The van der Waals surface area contributed by atoms with Crippen molar-refractivity contribution in [1.29, 1.82) is 0 Å². The van der Waals surface area contributed by atoms with Gasteiger partial charge in [-0.05, 0) is 42.5 Å². The smallest absolute Gasteiger partial charge is 0.267 e. The van der Waals surface area contributed by atoms with Crippen molar-refractivity contribution in [1.82, 2.24) is 10.2 Å². The molecule has 5 rings (SSSR count). The minimum Gasteiger partial charge on any atom is -0.274 e. The first-order valence-corrected chi connectivity index (χ1v) is 13.0. The van der Waals surface area contributed by atoms with Crippen molar-refractivity contribution in [3.63, 3.8) is 0 Å². The Balaban J connectivity index is 1.37. The van der Waals surface area contributed by atoms with Gasteiger partial charge in [-0.15, -0.1) is 10.2 Å². The van der Waals surface area contributed by atoms with Gasteiger partial charge in [0.15, 0.2) is 0 Å². The lowest BCUT2D eigenvalue weighted by Crippen LogP contribution is -2.32. The molecule has 2 bridgehead atoms. The Hall–Kier alpha value is -2.68. The Kier molecular flexibility index (Phi) is 4.35. The van der Waals surface area contributed by atoms with E-state index in [1.54, 1.807) is 0 Å². The van der Waals surface area contributed by atoms with Crippen LogP contribution < -0.4 is 14.8 Å². The molecule has 1 aromatic heterocycles. The number of aromatic nitrogens is 2. The number of nitrogens with one attached hydrogen (secondary N) is 1. The van der Waals surface area contributed by atoms with E-state index in [9.17, 15) is 26.4 Å².